The quantitative estimate of drug-likeness (QED) is 0.152. The highest BCUT2D eigenvalue weighted by atomic mass is 16.7. The lowest BCUT2D eigenvalue weighted by molar-refractivity contribution is -0.174. The van der Waals surface area contributed by atoms with Crippen molar-refractivity contribution in [2.24, 2.45) is 27.8 Å². The summed E-state index contributed by atoms with van der Waals surface area (Å²) in [5.74, 6) is 0.00345. The Morgan fingerprint density at radius 1 is 1.21 bits per heavy atom. The molecule has 0 amide bonds. The number of allylic oxidation sites excluding steroid dienone is 2. The van der Waals surface area contributed by atoms with Crippen LogP contribution in [0.3, 0.4) is 0 Å². The molecule has 1 aromatic rings. The molecular formula is C32H46N2O5. The lowest BCUT2D eigenvalue weighted by Gasteiger charge is -2.56. The fourth-order valence-electron chi connectivity index (χ4n) is 7.38. The Bertz CT molecular complexity index is 1100. The minimum Gasteiger partial charge on any atom is -0.359 e. The summed E-state index contributed by atoms with van der Waals surface area (Å²) in [5, 5.41) is 6.84. The first-order valence-electron chi connectivity index (χ1n) is 14.1. The standard InChI is InChI=1S/C32H46N2O5/c1-21(2)29(39-20-36-7)25(28(35)22-12-10-9-11-13-22)18-24-26-15-14-23-19-38-30(37-8)32(23,4)31(26,3)17-16-27(24)33-34(5)6/h9-13,23,25,29-30H,1,14-20H2,2-8H3/b33-27+/t23-,25-,29-,30+,31-,32+/m0/s1. The highest BCUT2D eigenvalue weighted by Gasteiger charge is 2.63. The molecule has 7 heteroatoms. The van der Waals surface area contributed by atoms with Crippen LogP contribution < -0.4 is 0 Å². The van der Waals surface area contributed by atoms with Gasteiger partial charge in [-0.05, 0) is 55.9 Å². The van der Waals surface area contributed by atoms with Gasteiger partial charge in [-0.3, -0.25) is 4.79 Å². The molecule has 39 heavy (non-hydrogen) atoms. The van der Waals surface area contributed by atoms with Crippen LogP contribution in [0, 0.1) is 22.7 Å². The Balaban J connectivity index is 1.87. The minimum atomic E-state index is -0.493. The summed E-state index contributed by atoms with van der Waals surface area (Å²) in [5.41, 5.74) is 4.80. The molecule has 1 aromatic carbocycles. The predicted molar refractivity (Wildman–Crippen MR) is 154 cm³/mol. The van der Waals surface area contributed by atoms with E-state index < -0.39 is 12.0 Å². The number of hydrogen-bond donors (Lipinski definition) is 0. The molecule has 2 fully saturated rings. The average Bonchev–Trinajstić information content (AvgIpc) is 3.26. The number of benzene rings is 1. The Morgan fingerprint density at radius 3 is 2.54 bits per heavy atom. The van der Waals surface area contributed by atoms with Crippen LogP contribution in [0.2, 0.25) is 0 Å². The molecule has 0 N–H and O–H groups in total. The fraction of sp³-hybridized carbons (Fsp3) is 0.625. The number of nitrogens with zero attached hydrogens (tertiary/aromatic N) is 2. The molecule has 0 bridgehead atoms. The van der Waals surface area contributed by atoms with Crippen molar-refractivity contribution in [1.82, 2.24) is 5.01 Å². The maximum absolute atomic E-state index is 14.2. The fourth-order valence-corrected chi connectivity index (χ4v) is 7.38. The van der Waals surface area contributed by atoms with Crippen LogP contribution in [0.25, 0.3) is 0 Å². The van der Waals surface area contributed by atoms with Crippen molar-refractivity contribution in [3.8, 4) is 0 Å². The van der Waals surface area contributed by atoms with Crippen molar-refractivity contribution in [3.05, 3.63) is 59.2 Å². The van der Waals surface area contributed by atoms with Crippen molar-refractivity contribution >= 4 is 11.5 Å². The summed E-state index contributed by atoms with van der Waals surface area (Å²) < 4.78 is 23.5. The zero-order valence-electron chi connectivity index (χ0n) is 24.8. The van der Waals surface area contributed by atoms with Gasteiger partial charge < -0.3 is 24.0 Å². The Morgan fingerprint density at radius 2 is 1.92 bits per heavy atom. The van der Waals surface area contributed by atoms with E-state index in [0.29, 0.717) is 17.9 Å². The zero-order chi connectivity index (χ0) is 28.4. The van der Waals surface area contributed by atoms with E-state index in [1.165, 1.54) is 11.1 Å². The predicted octanol–water partition coefficient (Wildman–Crippen LogP) is 5.87. The maximum Gasteiger partial charge on any atom is 0.169 e. The first-order chi connectivity index (χ1) is 18.6. The van der Waals surface area contributed by atoms with Gasteiger partial charge in [-0.25, -0.2) is 0 Å². The van der Waals surface area contributed by atoms with Gasteiger partial charge in [0.2, 0.25) is 0 Å². The summed E-state index contributed by atoms with van der Waals surface area (Å²) in [6.07, 6.45) is 3.55. The van der Waals surface area contributed by atoms with E-state index in [4.69, 9.17) is 24.0 Å². The van der Waals surface area contributed by atoms with Crippen LogP contribution in [-0.4, -0.2) is 70.6 Å². The number of methoxy groups -OCH3 is 2. The molecule has 1 aliphatic heterocycles. The summed E-state index contributed by atoms with van der Waals surface area (Å²) in [7, 11) is 7.26. The molecule has 0 aromatic heterocycles. The van der Waals surface area contributed by atoms with E-state index in [9.17, 15) is 4.79 Å². The number of rotatable bonds is 11. The third-order valence-corrected chi connectivity index (χ3v) is 9.53. The van der Waals surface area contributed by atoms with Gasteiger partial charge in [-0.15, -0.1) is 0 Å². The van der Waals surface area contributed by atoms with Gasteiger partial charge in [0.15, 0.2) is 12.1 Å². The number of hydrogen-bond acceptors (Lipinski definition) is 7. The van der Waals surface area contributed by atoms with Gasteiger partial charge >= 0.3 is 0 Å². The Labute approximate surface area is 234 Å². The molecule has 0 unspecified atom stereocenters. The Hall–Kier alpha value is -2.32. The normalized spacial score (nSPS) is 31.0. The number of hydrazone groups is 1. The third-order valence-electron chi connectivity index (χ3n) is 9.53. The maximum atomic E-state index is 14.2. The van der Waals surface area contributed by atoms with Gasteiger partial charge in [-0.1, -0.05) is 61.9 Å². The molecule has 1 saturated heterocycles. The van der Waals surface area contributed by atoms with Gasteiger partial charge in [-0.2, -0.15) is 5.10 Å². The molecule has 214 valence electrons. The zero-order valence-corrected chi connectivity index (χ0v) is 24.8. The summed E-state index contributed by atoms with van der Waals surface area (Å²) in [4.78, 5) is 14.2. The van der Waals surface area contributed by atoms with Crippen molar-refractivity contribution in [2.75, 3.05) is 41.7 Å². The molecule has 0 spiro atoms. The monoisotopic (exact) mass is 538 g/mol. The highest BCUT2D eigenvalue weighted by molar-refractivity contribution is 6.04. The van der Waals surface area contributed by atoms with Crippen LogP contribution in [0.15, 0.2) is 58.7 Å². The van der Waals surface area contributed by atoms with Crippen LogP contribution in [0.4, 0.5) is 0 Å². The lowest BCUT2D eigenvalue weighted by Crippen LogP contribution is -2.54. The van der Waals surface area contributed by atoms with Crippen molar-refractivity contribution < 1.29 is 23.7 Å². The molecule has 7 nitrogen and oxygen atoms in total. The van der Waals surface area contributed by atoms with E-state index in [-0.39, 0.29) is 29.7 Å². The second kappa shape index (κ2) is 12.0. The van der Waals surface area contributed by atoms with E-state index in [0.717, 1.165) is 43.6 Å². The van der Waals surface area contributed by atoms with Crippen LogP contribution in [0.5, 0.6) is 0 Å². The smallest absolute Gasteiger partial charge is 0.169 e. The number of Topliss-reactive ketones (excluding diaryl/α,β-unsaturated/α-hetero) is 1. The second-order valence-electron chi connectivity index (χ2n) is 12.0. The highest BCUT2D eigenvalue weighted by Crippen LogP contribution is 2.65. The molecule has 1 heterocycles. The lowest BCUT2D eigenvalue weighted by atomic mass is 9.47. The third kappa shape index (κ3) is 5.39. The molecule has 4 rings (SSSR count). The number of carbonyl (C=O) groups excluding carboxylic acids is 1. The van der Waals surface area contributed by atoms with E-state index >= 15 is 0 Å². The molecule has 6 atom stereocenters. The average molecular weight is 539 g/mol. The van der Waals surface area contributed by atoms with Gasteiger partial charge in [0.05, 0.1) is 24.3 Å². The van der Waals surface area contributed by atoms with Crippen LogP contribution in [0.1, 0.15) is 63.2 Å². The largest absolute Gasteiger partial charge is 0.359 e. The second-order valence-corrected chi connectivity index (χ2v) is 12.0. The number of ether oxygens (including phenoxy) is 4. The van der Waals surface area contributed by atoms with E-state index in [1.54, 1.807) is 14.2 Å². The van der Waals surface area contributed by atoms with E-state index in [2.05, 4.69) is 20.4 Å². The van der Waals surface area contributed by atoms with Crippen molar-refractivity contribution in [2.45, 2.75) is 65.3 Å². The first kappa shape index (κ1) is 29.7. The van der Waals surface area contributed by atoms with E-state index in [1.807, 2.05) is 56.4 Å². The van der Waals surface area contributed by atoms with Gasteiger partial charge in [0, 0.05) is 39.3 Å². The molecule has 3 aliphatic rings. The SMILES string of the molecule is C=C(C)[C@H](OCOC)[C@@H](CC1=C2CC[C@H]3CO[C@@H](OC)[C@]3(C)[C@@]2(C)CC/C1=N\N(C)C)C(=O)c1ccccc1. The molecule has 2 aliphatic carbocycles. The summed E-state index contributed by atoms with van der Waals surface area (Å²) >= 11 is 0. The topological polar surface area (TPSA) is 69.6 Å². The van der Waals surface area contributed by atoms with Crippen molar-refractivity contribution in [3.63, 3.8) is 0 Å². The van der Waals surface area contributed by atoms with Gasteiger partial charge in [0.25, 0.3) is 0 Å². The van der Waals surface area contributed by atoms with Gasteiger partial charge in [0.1, 0.15) is 6.79 Å². The molecule has 0 radical (unpaired) electrons. The Kier molecular flexibility index (Phi) is 9.16. The minimum absolute atomic E-state index is 0.0446. The first-order valence-corrected chi connectivity index (χ1v) is 14.1. The number of fused-ring (bicyclic) bond motifs is 3. The number of ketones is 1. The summed E-state index contributed by atoms with van der Waals surface area (Å²) in [6, 6.07) is 9.49. The number of carbonyl (C=O) groups is 1. The molecular weight excluding hydrogens is 492 g/mol. The summed E-state index contributed by atoms with van der Waals surface area (Å²) in [6.45, 7) is 11.7. The van der Waals surface area contributed by atoms with Crippen molar-refractivity contribution in [1.29, 1.82) is 0 Å². The van der Waals surface area contributed by atoms with Crippen LogP contribution >= 0.6 is 0 Å². The molecule has 1 saturated carbocycles. The van der Waals surface area contributed by atoms with Crippen LogP contribution in [-0.2, 0) is 18.9 Å².